The van der Waals surface area contributed by atoms with Crippen molar-refractivity contribution in [2.45, 2.75) is 39.8 Å². The Hall–Kier alpha value is -2.05. The van der Waals surface area contributed by atoms with Gasteiger partial charge in [0.15, 0.2) is 5.69 Å². The summed E-state index contributed by atoms with van der Waals surface area (Å²) >= 11 is 0. The number of carbonyl (C=O) groups excluding carboxylic acids is 2. The van der Waals surface area contributed by atoms with Crippen molar-refractivity contribution in [3.05, 3.63) is 11.5 Å². The van der Waals surface area contributed by atoms with Crippen molar-refractivity contribution in [3.63, 3.8) is 0 Å². The molecular weight excluding hydrogens is 248 g/mol. The second kappa shape index (κ2) is 5.73. The molecule has 0 spiro atoms. The third-order valence-corrected chi connectivity index (χ3v) is 2.70. The van der Waals surface area contributed by atoms with Crippen LogP contribution in [0.3, 0.4) is 0 Å². The molecular formula is C12H20N4O3. The lowest BCUT2D eigenvalue weighted by atomic mass is 10.2. The lowest BCUT2D eigenvalue weighted by molar-refractivity contribution is -0.124. The average Bonchev–Trinajstić information content (AvgIpc) is 2.62. The summed E-state index contributed by atoms with van der Waals surface area (Å²) in [5.41, 5.74) is 5.90. The van der Waals surface area contributed by atoms with Gasteiger partial charge in [-0.25, -0.2) is 9.78 Å². The number of esters is 1. The number of aromatic nitrogens is 2. The van der Waals surface area contributed by atoms with E-state index in [0.29, 0.717) is 5.82 Å². The Bertz CT molecular complexity index is 493. The first-order valence-corrected chi connectivity index (χ1v) is 6.02. The number of anilines is 1. The third-order valence-electron chi connectivity index (χ3n) is 2.70. The molecule has 1 amide bonds. The van der Waals surface area contributed by atoms with Gasteiger partial charge in [0.25, 0.3) is 0 Å². The molecule has 106 valence electrons. The maximum atomic E-state index is 12.0. The molecule has 0 bridgehead atoms. The summed E-state index contributed by atoms with van der Waals surface area (Å²) in [5, 5.41) is 2.79. The molecule has 0 saturated heterocycles. The van der Waals surface area contributed by atoms with Crippen LogP contribution in [0.5, 0.6) is 0 Å². The van der Waals surface area contributed by atoms with Gasteiger partial charge in [0.05, 0.1) is 7.11 Å². The molecule has 0 saturated carbocycles. The average molecular weight is 268 g/mol. The van der Waals surface area contributed by atoms with Crippen LogP contribution in [0.25, 0.3) is 0 Å². The van der Waals surface area contributed by atoms with Crippen LogP contribution >= 0.6 is 0 Å². The molecule has 0 aliphatic carbocycles. The Kier molecular flexibility index (Phi) is 4.52. The van der Waals surface area contributed by atoms with Gasteiger partial charge in [0.1, 0.15) is 17.7 Å². The molecule has 19 heavy (non-hydrogen) atoms. The van der Waals surface area contributed by atoms with Crippen LogP contribution in [0.1, 0.15) is 43.1 Å². The van der Waals surface area contributed by atoms with Crippen LogP contribution in [0.4, 0.5) is 5.82 Å². The van der Waals surface area contributed by atoms with Gasteiger partial charge in [0.2, 0.25) is 5.91 Å². The van der Waals surface area contributed by atoms with Crippen LogP contribution in [0, 0.1) is 6.92 Å². The van der Waals surface area contributed by atoms with Crippen molar-refractivity contribution < 1.29 is 14.3 Å². The number of methoxy groups -OCH3 is 1. The van der Waals surface area contributed by atoms with Crippen LogP contribution in [0.15, 0.2) is 0 Å². The first kappa shape index (κ1) is 15.0. The summed E-state index contributed by atoms with van der Waals surface area (Å²) < 4.78 is 6.11. The van der Waals surface area contributed by atoms with E-state index in [1.807, 2.05) is 13.8 Å². The molecule has 0 radical (unpaired) electrons. The zero-order chi connectivity index (χ0) is 14.7. The number of rotatable bonds is 4. The van der Waals surface area contributed by atoms with Crippen LogP contribution < -0.4 is 11.1 Å². The van der Waals surface area contributed by atoms with Crippen molar-refractivity contribution in [1.29, 1.82) is 0 Å². The molecule has 1 aromatic rings. The van der Waals surface area contributed by atoms with Gasteiger partial charge < -0.3 is 20.4 Å². The summed E-state index contributed by atoms with van der Waals surface area (Å²) in [6.45, 7) is 7.12. The van der Waals surface area contributed by atoms with Crippen molar-refractivity contribution >= 4 is 17.7 Å². The fraction of sp³-hybridized carbons (Fsp3) is 0.583. The van der Waals surface area contributed by atoms with Crippen molar-refractivity contribution in [3.8, 4) is 0 Å². The van der Waals surface area contributed by atoms with E-state index in [9.17, 15) is 9.59 Å². The highest BCUT2D eigenvalue weighted by atomic mass is 16.5. The zero-order valence-electron chi connectivity index (χ0n) is 11.9. The number of nitrogens with one attached hydrogen (secondary N) is 1. The number of carbonyl (C=O) groups is 2. The van der Waals surface area contributed by atoms with E-state index < -0.39 is 12.0 Å². The number of nitrogens with two attached hydrogens (primary N) is 1. The Morgan fingerprint density at radius 1 is 1.37 bits per heavy atom. The minimum absolute atomic E-state index is 0.0279. The standard InChI is InChI=1S/C12H20N4O3/c1-6(2)14-11(17)7(3)16-8(4)15-9(10(16)13)12(18)19-5/h6-7H,13H2,1-5H3,(H,14,17). The molecule has 1 rings (SSSR count). The van der Waals surface area contributed by atoms with Crippen molar-refractivity contribution in [2.75, 3.05) is 12.8 Å². The number of hydrogen-bond donors (Lipinski definition) is 2. The first-order valence-electron chi connectivity index (χ1n) is 6.02. The third kappa shape index (κ3) is 3.04. The van der Waals surface area contributed by atoms with E-state index in [2.05, 4.69) is 15.0 Å². The molecule has 3 N–H and O–H groups in total. The predicted molar refractivity (Wildman–Crippen MR) is 70.7 cm³/mol. The van der Waals surface area contributed by atoms with Gasteiger partial charge in [-0.2, -0.15) is 0 Å². The number of amides is 1. The summed E-state index contributed by atoms with van der Waals surface area (Å²) in [7, 11) is 1.25. The van der Waals surface area contributed by atoms with E-state index in [1.54, 1.807) is 13.8 Å². The topological polar surface area (TPSA) is 99.2 Å². The lowest BCUT2D eigenvalue weighted by Gasteiger charge is -2.18. The van der Waals surface area contributed by atoms with Gasteiger partial charge in [-0.15, -0.1) is 0 Å². The highest BCUT2D eigenvalue weighted by molar-refractivity contribution is 5.93. The number of nitrogen functional groups attached to an aromatic ring is 1. The number of nitrogens with zero attached hydrogens (tertiary/aromatic N) is 2. The molecule has 0 aliphatic heterocycles. The summed E-state index contributed by atoms with van der Waals surface area (Å²) in [5.74, 6) is -0.172. The van der Waals surface area contributed by atoms with Crippen LogP contribution in [-0.2, 0) is 9.53 Å². The monoisotopic (exact) mass is 268 g/mol. The van der Waals surface area contributed by atoms with Gasteiger partial charge in [0, 0.05) is 6.04 Å². The second-order valence-corrected chi connectivity index (χ2v) is 4.59. The molecule has 7 nitrogen and oxygen atoms in total. The molecule has 1 unspecified atom stereocenters. The fourth-order valence-electron chi connectivity index (χ4n) is 1.82. The second-order valence-electron chi connectivity index (χ2n) is 4.59. The van der Waals surface area contributed by atoms with E-state index in [0.717, 1.165) is 0 Å². The smallest absolute Gasteiger partial charge is 0.360 e. The summed E-state index contributed by atoms with van der Waals surface area (Å²) in [4.78, 5) is 27.5. The van der Waals surface area contributed by atoms with E-state index in [1.165, 1.54) is 11.7 Å². The van der Waals surface area contributed by atoms with Crippen molar-refractivity contribution in [2.24, 2.45) is 0 Å². The molecule has 0 aliphatic rings. The SMILES string of the molecule is COC(=O)c1nc(C)n(C(C)C(=O)NC(C)C)c1N. The Morgan fingerprint density at radius 3 is 2.42 bits per heavy atom. The Balaban J connectivity index is 3.10. The maximum absolute atomic E-state index is 12.0. The lowest BCUT2D eigenvalue weighted by Crippen LogP contribution is -2.36. The van der Waals surface area contributed by atoms with E-state index in [-0.39, 0.29) is 23.5 Å². The first-order chi connectivity index (χ1) is 8.79. The summed E-state index contributed by atoms with van der Waals surface area (Å²) in [6, 6.07) is -0.520. The minimum atomic E-state index is -0.615. The molecule has 1 heterocycles. The van der Waals surface area contributed by atoms with Gasteiger partial charge >= 0.3 is 5.97 Å². The molecule has 0 aromatic carbocycles. The van der Waals surface area contributed by atoms with Gasteiger partial charge in [-0.1, -0.05) is 0 Å². The maximum Gasteiger partial charge on any atom is 0.360 e. The fourth-order valence-corrected chi connectivity index (χ4v) is 1.82. The Labute approximate surface area is 112 Å². The highest BCUT2D eigenvalue weighted by Gasteiger charge is 2.25. The molecule has 1 atom stereocenters. The van der Waals surface area contributed by atoms with E-state index >= 15 is 0 Å². The summed E-state index contributed by atoms with van der Waals surface area (Å²) in [6.07, 6.45) is 0. The molecule has 7 heteroatoms. The number of hydrogen-bond acceptors (Lipinski definition) is 5. The highest BCUT2D eigenvalue weighted by Crippen LogP contribution is 2.21. The predicted octanol–water partition coefficient (Wildman–Crippen LogP) is 0.646. The van der Waals surface area contributed by atoms with Gasteiger partial charge in [-0.05, 0) is 27.7 Å². The van der Waals surface area contributed by atoms with Crippen LogP contribution in [-0.4, -0.2) is 34.6 Å². The van der Waals surface area contributed by atoms with Crippen molar-refractivity contribution in [1.82, 2.24) is 14.9 Å². The number of ether oxygens (including phenoxy) is 1. The normalized spacial score (nSPS) is 12.3. The van der Waals surface area contributed by atoms with E-state index in [4.69, 9.17) is 5.73 Å². The number of imidazole rings is 1. The number of aryl methyl sites for hydroxylation is 1. The molecule has 0 fully saturated rings. The minimum Gasteiger partial charge on any atom is -0.464 e. The quantitative estimate of drug-likeness (QED) is 0.781. The Morgan fingerprint density at radius 2 is 1.95 bits per heavy atom. The zero-order valence-corrected chi connectivity index (χ0v) is 11.9. The largest absolute Gasteiger partial charge is 0.464 e. The van der Waals surface area contributed by atoms with Crippen LogP contribution in [0.2, 0.25) is 0 Å². The van der Waals surface area contributed by atoms with Gasteiger partial charge in [-0.3, -0.25) is 4.79 Å². The molecule has 1 aromatic heterocycles.